The van der Waals surface area contributed by atoms with Gasteiger partial charge in [0.25, 0.3) is 5.92 Å². The molecule has 0 bridgehead atoms. The topological polar surface area (TPSA) is 120 Å². The van der Waals surface area contributed by atoms with Crippen LogP contribution in [0.1, 0.15) is 17.5 Å². The summed E-state index contributed by atoms with van der Waals surface area (Å²) in [6.07, 6.45) is 6.01. The molecular formula is C32H28F3N7O2S. The molecule has 5 heterocycles. The maximum absolute atomic E-state index is 14.6. The molecule has 230 valence electrons. The Balaban J connectivity index is 1.22. The number of sulfonamides is 1. The number of rotatable bonds is 8. The lowest BCUT2D eigenvalue weighted by molar-refractivity contribution is 0.0115. The van der Waals surface area contributed by atoms with Gasteiger partial charge in [-0.05, 0) is 76.3 Å². The van der Waals surface area contributed by atoms with Crippen LogP contribution in [0.25, 0.3) is 55.6 Å². The van der Waals surface area contributed by atoms with Crippen LogP contribution in [0.15, 0.2) is 73.2 Å². The van der Waals surface area contributed by atoms with Crippen molar-refractivity contribution in [3.63, 3.8) is 0 Å². The van der Waals surface area contributed by atoms with Crippen molar-refractivity contribution in [3.05, 3.63) is 90.1 Å². The highest BCUT2D eigenvalue weighted by Crippen LogP contribution is 2.35. The SMILES string of the molecule is CS(=O)(=O)NCc1cc(F)cc(-c2ccnc3[nH]c(-c4n[nH]c5ccc(-c6cncc(CN7CCC(F)(F)C7)c6)cc45)cc23)c1. The number of pyridine rings is 2. The summed E-state index contributed by atoms with van der Waals surface area (Å²) in [6.45, 7) is 0.471. The fraction of sp³-hybridized carbons (Fsp3) is 0.219. The van der Waals surface area contributed by atoms with E-state index in [-0.39, 0.29) is 19.5 Å². The third-order valence-corrected chi connectivity index (χ3v) is 8.61. The number of benzene rings is 2. The number of H-pyrrole nitrogens is 2. The summed E-state index contributed by atoms with van der Waals surface area (Å²) < 4.78 is 67.6. The Morgan fingerprint density at radius 2 is 1.82 bits per heavy atom. The Morgan fingerprint density at radius 1 is 0.978 bits per heavy atom. The normalized spacial score (nSPS) is 15.4. The number of fused-ring (bicyclic) bond motifs is 2. The quantitative estimate of drug-likeness (QED) is 0.194. The second-order valence-electron chi connectivity index (χ2n) is 11.5. The molecule has 6 aromatic rings. The van der Waals surface area contributed by atoms with Crippen LogP contribution in [0.3, 0.4) is 0 Å². The number of nitrogens with one attached hydrogen (secondary N) is 3. The number of hydrogen-bond donors (Lipinski definition) is 3. The van der Waals surface area contributed by atoms with E-state index in [1.54, 1.807) is 35.6 Å². The molecule has 45 heavy (non-hydrogen) atoms. The highest BCUT2D eigenvalue weighted by molar-refractivity contribution is 7.88. The minimum Gasteiger partial charge on any atom is -0.338 e. The van der Waals surface area contributed by atoms with Gasteiger partial charge in [0, 0.05) is 61.0 Å². The predicted molar refractivity (Wildman–Crippen MR) is 166 cm³/mol. The average Bonchev–Trinajstić information content (AvgIpc) is 3.71. The van der Waals surface area contributed by atoms with Crippen LogP contribution in [0.2, 0.25) is 0 Å². The van der Waals surface area contributed by atoms with Crippen LogP contribution in [-0.4, -0.2) is 63.7 Å². The number of halogens is 3. The fourth-order valence-electron chi connectivity index (χ4n) is 5.86. The molecule has 13 heteroatoms. The van der Waals surface area contributed by atoms with Crippen LogP contribution in [0.5, 0.6) is 0 Å². The Bertz CT molecular complexity index is 2180. The van der Waals surface area contributed by atoms with Crippen molar-refractivity contribution in [2.45, 2.75) is 25.4 Å². The van der Waals surface area contributed by atoms with Crippen LogP contribution in [0, 0.1) is 5.82 Å². The first kappa shape index (κ1) is 29.1. The van der Waals surface area contributed by atoms with Crippen molar-refractivity contribution in [2.24, 2.45) is 0 Å². The van der Waals surface area contributed by atoms with Crippen molar-refractivity contribution in [2.75, 3.05) is 19.3 Å². The molecule has 1 saturated heterocycles. The molecule has 2 aromatic carbocycles. The molecule has 4 aromatic heterocycles. The zero-order chi connectivity index (χ0) is 31.3. The predicted octanol–water partition coefficient (Wildman–Crippen LogP) is 5.86. The van der Waals surface area contributed by atoms with Gasteiger partial charge in [0.15, 0.2) is 0 Å². The highest BCUT2D eigenvalue weighted by atomic mass is 32.2. The molecule has 0 saturated carbocycles. The number of aromatic amines is 2. The van der Waals surface area contributed by atoms with Crippen LogP contribution < -0.4 is 4.72 Å². The van der Waals surface area contributed by atoms with E-state index in [4.69, 9.17) is 0 Å². The summed E-state index contributed by atoms with van der Waals surface area (Å²) in [7, 11) is -3.45. The number of hydrogen-bond acceptors (Lipinski definition) is 6. The van der Waals surface area contributed by atoms with Crippen LogP contribution >= 0.6 is 0 Å². The first-order chi connectivity index (χ1) is 21.5. The summed E-state index contributed by atoms with van der Waals surface area (Å²) in [5, 5.41) is 9.24. The van der Waals surface area contributed by atoms with E-state index in [2.05, 4.69) is 29.9 Å². The van der Waals surface area contributed by atoms with E-state index in [1.807, 2.05) is 30.3 Å². The van der Waals surface area contributed by atoms with Gasteiger partial charge in [0.05, 0.1) is 24.0 Å². The Kier molecular flexibility index (Phi) is 7.18. The van der Waals surface area contributed by atoms with E-state index < -0.39 is 21.8 Å². The molecule has 0 amide bonds. The third kappa shape index (κ3) is 6.19. The molecule has 3 N–H and O–H groups in total. The fourth-order valence-corrected chi connectivity index (χ4v) is 6.29. The zero-order valence-corrected chi connectivity index (χ0v) is 24.9. The summed E-state index contributed by atoms with van der Waals surface area (Å²) in [4.78, 5) is 13.9. The highest BCUT2D eigenvalue weighted by Gasteiger charge is 2.37. The molecular weight excluding hydrogens is 603 g/mol. The molecule has 0 radical (unpaired) electrons. The first-order valence-corrected chi connectivity index (χ1v) is 16.1. The lowest BCUT2D eigenvalue weighted by Gasteiger charge is -2.15. The summed E-state index contributed by atoms with van der Waals surface area (Å²) in [5.74, 6) is -3.13. The van der Waals surface area contributed by atoms with E-state index >= 15 is 0 Å². The van der Waals surface area contributed by atoms with Crippen molar-refractivity contribution in [1.29, 1.82) is 0 Å². The van der Waals surface area contributed by atoms with Crippen LogP contribution in [0.4, 0.5) is 13.2 Å². The van der Waals surface area contributed by atoms with Crippen molar-refractivity contribution < 1.29 is 21.6 Å². The van der Waals surface area contributed by atoms with Gasteiger partial charge in [0.2, 0.25) is 10.0 Å². The molecule has 0 aliphatic carbocycles. The van der Waals surface area contributed by atoms with Crippen LogP contribution in [-0.2, 0) is 23.1 Å². The number of aromatic nitrogens is 5. The smallest absolute Gasteiger partial charge is 0.261 e. The van der Waals surface area contributed by atoms with Gasteiger partial charge >= 0.3 is 0 Å². The average molecular weight is 632 g/mol. The van der Waals surface area contributed by atoms with Gasteiger partial charge in [-0.15, -0.1) is 0 Å². The van der Waals surface area contributed by atoms with Gasteiger partial charge in [-0.1, -0.05) is 6.07 Å². The van der Waals surface area contributed by atoms with Gasteiger partial charge in [-0.25, -0.2) is 31.3 Å². The monoisotopic (exact) mass is 631 g/mol. The Hall–Kier alpha value is -4.59. The maximum atomic E-state index is 14.6. The van der Waals surface area contributed by atoms with E-state index in [1.165, 1.54) is 12.1 Å². The Labute approximate surface area is 256 Å². The molecule has 1 aliphatic rings. The standard InChI is InChI=1S/C32H28F3N7O2S/c1-45(43,44)38-15-19-8-22(11-24(33)10-19)25-4-6-37-31-26(25)13-29(39-31)30-27-12-21(2-3-28(27)40-41-30)23-9-20(14-36-16-23)17-42-7-5-32(34,35)18-42/h2-4,6,8-14,16,38H,5,7,15,17-18H2,1H3,(H,37,39)(H,40,41). The van der Waals surface area contributed by atoms with E-state index in [9.17, 15) is 21.6 Å². The number of alkyl halides is 2. The maximum Gasteiger partial charge on any atom is 0.261 e. The van der Waals surface area contributed by atoms with Gasteiger partial charge in [-0.2, -0.15) is 5.10 Å². The molecule has 9 nitrogen and oxygen atoms in total. The molecule has 7 rings (SSSR count). The second kappa shape index (κ2) is 11.1. The molecule has 0 spiro atoms. The summed E-state index contributed by atoms with van der Waals surface area (Å²) in [5.41, 5.74) is 7.17. The molecule has 0 unspecified atom stereocenters. The first-order valence-electron chi connectivity index (χ1n) is 14.2. The summed E-state index contributed by atoms with van der Waals surface area (Å²) >= 11 is 0. The third-order valence-electron chi connectivity index (χ3n) is 7.94. The second-order valence-corrected chi connectivity index (χ2v) is 13.3. The van der Waals surface area contributed by atoms with Crippen molar-refractivity contribution in [1.82, 2.24) is 34.8 Å². The van der Waals surface area contributed by atoms with Crippen molar-refractivity contribution >= 4 is 32.0 Å². The zero-order valence-electron chi connectivity index (χ0n) is 24.1. The number of nitrogens with zero attached hydrogens (tertiary/aromatic N) is 4. The van der Waals surface area contributed by atoms with E-state index in [0.717, 1.165) is 44.8 Å². The molecule has 0 atom stereocenters. The largest absolute Gasteiger partial charge is 0.338 e. The number of likely N-dealkylation sites (tertiary alicyclic amines) is 1. The minimum atomic E-state index is -3.45. The lowest BCUT2D eigenvalue weighted by atomic mass is 10.0. The minimum absolute atomic E-state index is 0.0373. The van der Waals surface area contributed by atoms with Gasteiger partial charge in [0.1, 0.15) is 17.2 Å². The molecule has 1 fully saturated rings. The Morgan fingerprint density at radius 3 is 2.62 bits per heavy atom. The lowest BCUT2D eigenvalue weighted by Crippen LogP contribution is -2.24. The molecule has 1 aliphatic heterocycles. The van der Waals surface area contributed by atoms with E-state index in [0.29, 0.717) is 41.3 Å². The van der Waals surface area contributed by atoms with Gasteiger partial charge in [-0.3, -0.25) is 15.0 Å². The van der Waals surface area contributed by atoms with Gasteiger partial charge < -0.3 is 4.98 Å². The summed E-state index contributed by atoms with van der Waals surface area (Å²) in [6, 6.07) is 16.0. The van der Waals surface area contributed by atoms with Crippen molar-refractivity contribution in [3.8, 4) is 33.6 Å².